The predicted octanol–water partition coefficient (Wildman–Crippen LogP) is 7.86. The second-order valence-corrected chi connectivity index (χ2v) is 7.71. The molecule has 5 aromatic carbocycles. The van der Waals surface area contributed by atoms with E-state index < -0.39 is 0 Å². The van der Waals surface area contributed by atoms with Gasteiger partial charge in [-0.1, -0.05) is 115 Å². The second-order valence-electron chi connectivity index (χ2n) is 7.71. The zero-order valence-corrected chi connectivity index (χ0v) is 17.0. The largest absolute Gasteiger partial charge is 0.361 e. The summed E-state index contributed by atoms with van der Waals surface area (Å²) in [6.45, 7) is 2.14. The monoisotopic (exact) mass is 388 g/mol. The van der Waals surface area contributed by atoms with Crippen LogP contribution in [-0.4, -0.2) is 0 Å². The van der Waals surface area contributed by atoms with E-state index in [0.29, 0.717) is 0 Å². The summed E-state index contributed by atoms with van der Waals surface area (Å²) in [5.74, 6) is 0. The number of hydrogen-bond donors (Lipinski definition) is 0. The number of ether oxygens (including phenoxy) is 1. The average Bonchev–Trinajstić information content (AvgIpc) is 2.82. The van der Waals surface area contributed by atoms with E-state index in [2.05, 4.69) is 116 Å². The molecule has 0 N–H and O–H groups in total. The highest BCUT2D eigenvalue weighted by Crippen LogP contribution is 2.38. The van der Waals surface area contributed by atoms with E-state index >= 15 is 0 Å². The fourth-order valence-electron chi connectivity index (χ4n) is 4.28. The molecule has 5 aromatic rings. The molecule has 0 heterocycles. The van der Waals surface area contributed by atoms with Crippen molar-refractivity contribution in [3.8, 4) is 0 Å². The molecule has 0 aliphatic carbocycles. The van der Waals surface area contributed by atoms with Crippen molar-refractivity contribution in [2.75, 3.05) is 0 Å². The maximum Gasteiger partial charge on any atom is 0.110 e. The summed E-state index contributed by atoms with van der Waals surface area (Å²) in [5, 5.41) is 4.93. The molecule has 0 bridgehead atoms. The van der Waals surface area contributed by atoms with Crippen LogP contribution < -0.4 is 0 Å². The summed E-state index contributed by atoms with van der Waals surface area (Å²) in [6, 6.07) is 40.6. The molecule has 1 atom stereocenters. The average molecular weight is 389 g/mol. The van der Waals surface area contributed by atoms with Crippen molar-refractivity contribution < 1.29 is 4.74 Å². The molecule has 30 heavy (non-hydrogen) atoms. The van der Waals surface area contributed by atoms with Crippen molar-refractivity contribution in [1.29, 1.82) is 0 Å². The van der Waals surface area contributed by atoms with Gasteiger partial charge in [0.1, 0.15) is 6.10 Å². The topological polar surface area (TPSA) is 9.23 Å². The molecule has 1 nitrogen and oxygen atoms in total. The minimum Gasteiger partial charge on any atom is -0.361 e. The third-order valence-electron chi connectivity index (χ3n) is 5.82. The van der Waals surface area contributed by atoms with Crippen molar-refractivity contribution in [1.82, 2.24) is 0 Å². The summed E-state index contributed by atoms with van der Waals surface area (Å²) >= 11 is 0. The van der Waals surface area contributed by atoms with Crippen molar-refractivity contribution in [3.63, 3.8) is 0 Å². The summed E-state index contributed by atoms with van der Waals surface area (Å²) in [5.41, 5.74) is 3.59. The first-order valence-corrected chi connectivity index (χ1v) is 10.5. The molecule has 0 radical (unpaired) electrons. The Morgan fingerprint density at radius 3 is 1.53 bits per heavy atom. The maximum atomic E-state index is 6.82. The van der Waals surface area contributed by atoms with Crippen molar-refractivity contribution >= 4 is 21.5 Å². The van der Waals surface area contributed by atoms with Gasteiger partial charge in [-0.05, 0) is 45.2 Å². The normalized spacial score (nSPS) is 12.5. The van der Waals surface area contributed by atoms with E-state index in [1.165, 1.54) is 38.2 Å². The number of rotatable bonds is 5. The number of fused-ring (bicyclic) bond motifs is 2. The molecule has 0 amide bonds. The minimum atomic E-state index is -0.169. The smallest absolute Gasteiger partial charge is 0.110 e. The lowest BCUT2D eigenvalue weighted by molar-refractivity contribution is 0.0196. The Labute approximate surface area is 177 Å². The third kappa shape index (κ3) is 3.49. The van der Waals surface area contributed by atoms with Crippen molar-refractivity contribution in [2.24, 2.45) is 0 Å². The lowest BCUT2D eigenvalue weighted by atomic mass is 9.92. The number of hydrogen-bond acceptors (Lipinski definition) is 1. The van der Waals surface area contributed by atoms with Crippen LogP contribution in [0.2, 0.25) is 0 Å². The molecular formula is C29H24O. The lowest BCUT2D eigenvalue weighted by Gasteiger charge is -2.26. The van der Waals surface area contributed by atoms with Crippen LogP contribution in [0.5, 0.6) is 0 Å². The van der Waals surface area contributed by atoms with E-state index in [0.717, 1.165) is 0 Å². The van der Waals surface area contributed by atoms with Gasteiger partial charge in [0.05, 0.1) is 6.10 Å². The van der Waals surface area contributed by atoms with Gasteiger partial charge in [-0.3, -0.25) is 0 Å². The first-order chi connectivity index (χ1) is 14.8. The fraction of sp³-hybridized carbons (Fsp3) is 0.103. The van der Waals surface area contributed by atoms with E-state index in [9.17, 15) is 0 Å². The van der Waals surface area contributed by atoms with E-state index in [1.54, 1.807) is 0 Å². The fourth-order valence-corrected chi connectivity index (χ4v) is 4.28. The Hall–Kier alpha value is -3.42. The van der Waals surface area contributed by atoms with Crippen molar-refractivity contribution in [2.45, 2.75) is 19.1 Å². The van der Waals surface area contributed by atoms with Crippen molar-refractivity contribution in [3.05, 3.63) is 132 Å². The highest BCUT2D eigenvalue weighted by atomic mass is 16.5. The molecule has 0 aromatic heterocycles. The summed E-state index contributed by atoms with van der Waals surface area (Å²) < 4.78 is 6.82. The van der Waals surface area contributed by atoms with Gasteiger partial charge in [0, 0.05) is 0 Å². The first-order valence-electron chi connectivity index (χ1n) is 10.5. The zero-order valence-electron chi connectivity index (χ0n) is 17.0. The molecule has 5 rings (SSSR count). The van der Waals surface area contributed by atoms with Gasteiger partial charge >= 0.3 is 0 Å². The van der Waals surface area contributed by atoms with Crippen LogP contribution in [0.25, 0.3) is 21.5 Å². The first kappa shape index (κ1) is 18.6. The predicted molar refractivity (Wildman–Crippen MR) is 126 cm³/mol. The molecule has 146 valence electrons. The Morgan fingerprint density at radius 1 is 0.500 bits per heavy atom. The third-order valence-corrected chi connectivity index (χ3v) is 5.82. The Morgan fingerprint density at radius 2 is 0.967 bits per heavy atom. The van der Waals surface area contributed by atoms with E-state index in [4.69, 9.17) is 4.74 Å². The Balaban J connectivity index is 1.69. The second kappa shape index (κ2) is 8.14. The standard InChI is InChI=1S/C29H24O/c1-21(22-11-3-2-4-12-22)30-29(27-19-9-15-23-13-5-7-17-25(23)27)28-20-10-16-24-14-6-8-18-26(24)28/h2-21,29H,1H3/t21-/m1/s1. The molecule has 0 unspecified atom stereocenters. The molecule has 1 heteroatoms. The van der Waals surface area contributed by atoms with Gasteiger partial charge in [-0.2, -0.15) is 0 Å². The van der Waals surface area contributed by atoms with Gasteiger partial charge in [0.2, 0.25) is 0 Å². The molecule has 0 aliphatic heterocycles. The van der Waals surface area contributed by atoms with E-state index in [1.807, 2.05) is 6.07 Å². The van der Waals surface area contributed by atoms with Gasteiger partial charge in [-0.15, -0.1) is 0 Å². The van der Waals surface area contributed by atoms with Crippen LogP contribution >= 0.6 is 0 Å². The Kier molecular flexibility index (Phi) is 5.04. The molecular weight excluding hydrogens is 364 g/mol. The molecule has 0 fully saturated rings. The van der Waals surface area contributed by atoms with E-state index in [-0.39, 0.29) is 12.2 Å². The maximum absolute atomic E-state index is 6.82. The van der Waals surface area contributed by atoms with Gasteiger partial charge in [0.15, 0.2) is 0 Å². The Bertz CT molecular complexity index is 1200. The molecule has 0 saturated heterocycles. The van der Waals surface area contributed by atoms with Gasteiger partial charge < -0.3 is 4.74 Å². The SMILES string of the molecule is C[C@@H](OC(c1cccc2ccccc12)c1cccc2ccccc12)c1ccccc1. The van der Waals surface area contributed by atoms with Crippen LogP contribution in [0.15, 0.2) is 115 Å². The van der Waals surface area contributed by atoms with Crippen LogP contribution in [-0.2, 0) is 4.74 Å². The van der Waals surface area contributed by atoms with Crippen LogP contribution in [0.1, 0.15) is 35.8 Å². The zero-order chi connectivity index (χ0) is 20.3. The van der Waals surface area contributed by atoms with Gasteiger partial charge in [-0.25, -0.2) is 0 Å². The highest BCUT2D eigenvalue weighted by Gasteiger charge is 2.22. The molecule has 0 saturated carbocycles. The minimum absolute atomic E-state index is 0.0332. The van der Waals surface area contributed by atoms with Crippen LogP contribution in [0.4, 0.5) is 0 Å². The number of benzene rings is 5. The van der Waals surface area contributed by atoms with Crippen LogP contribution in [0, 0.1) is 0 Å². The summed E-state index contributed by atoms with van der Waals surface area (Å²) in [4.78, 5) is 0. The lowest BCUT2D eigenvalue weighted by Crippen LogP contribution is -2.11. The highest BCUT2D eigenvalue weighted by molar-refractivity contribution is 5.89. The summed E-state index contributed by atoms with van der Waals surface area (Å²) in [7, 11) is 0. The molecule has 0 spiro atoms. The van der Waals surface area contributed by atoms with Gasteiger partial charge in [0.25, 0.3) is 0 Å². The quantitative estimate of drug-likeness (QED) is 0.298. The van der Waals surface area contributed by atoms with Crippen LogP contribution in [0.3, 0.4) is 0 Å². The summed E-state index contributed by atoms with van der Waals surface area (Å²) in [6.07, 6.45) is -0.202. The molecule has 0 aliphatic rings.